The van der Waals surface area contributed by atoms with Gasteiger partial charge in [0.2, 0.25) is 5.91 Å². The molecule has 4 heterocycles. The second-order valence-corrected chi connectivity index (χ2v) is 10.5. The standard InChI is InChI=1S/C34H30N6O4/c1-21(39-33(42)29-30-24(12-7-16-36-30)20-38-31(29)35)26-19-23-10-5-9-22(11-6-17-37-32(41)27-15-8-18-44-27)28(23)34(43)40(26)25-13-3-2-4-14-25/h2-5,7,9-10,12-14,16,19-21,27H,8,15,17-18H2,1H3,(H2,35,38)(H,37,41)(H,39,42)/t21-,27-/m1/s1. The number of nitrogens with zero attached hydrogens (tertiary/aromatic N) is 3. The Bertz CT molecular complexity index is 2010. The van der Waals surface area contributed by atoms with Gasteiger partial charge in [-0.25, -0.2) is 4.98 Å². The van der Waals surface area contributed by atoms with E-state index in [0.717, 1.165) is 6.42 Å². The van der Waals surface area contributed by atoms with Crippen molar-refractivity contribution in [3.05, 3.63) is 106 Å². The van der Waals surface area contributed by atoms with E-state index in [1.54, 1.807) is 36.0 Å². The van der Waals surface area contributed by atoms with E-state index in [-0.39, 0.29) is 29.4 Å². The number of nitrogen functional groups attached to an aromatic ring is 1. The van der Waals surface area contributed by atoms with Crippen LogP contribution in [-0.2, 0) is 9.53 Å². The summed E-state index contributed by atoms with van der Waals surface area (Å²) < 4.78 is 7.00. The molecule has 2 amide bonds. The van der Waals surface area contributed by atoms with Gasteiger partial charge in [0.05, 0.1) is 23.5 Å². The number of pyridine rings is 3. The molecule has 0 unspecified atom stereocenters. The van der Waals surface area contributed by atoms with Crippen LogP contribution in [0, 0.1) is 11.8 Å². The van der Waals surface area contributed by atoms with Gasteiger partial charge in [0.15, 0.2) is 0 Å². The molecule has 3 aromatic heterocycles. The number of benzene rings is 2. The lowest BCUT2D eigenvalue weighted by Crippen LogP contribution is -2.34. The summed E-state index contributed by atoms with van der Waals surface area (Å²) >= 11 is 0. The summed E-state index contributed by atoms with van der Waals surface area (Å²) in [6.07, 6.45) is 4.30. The highest BCUT2D eigenvalue weighted by atomic mass is 16.5. The van der Waals surface area contributed by atoms with Crippen molar-refractivity contribution in [3.63, 3.8) is 0 Å². The molecule has 2 atom stereocenters. The van der Waals surface area contributed by atoms with E-state index in [0.29, 0.717) is 51.6 Å². The van der Waals surface area contributed by atoms with E-state index < -0.39 is 18.1 Å². The van der Waals surface area contributed by atoms with E-state index in [1.807, 2.05) is 54.6 Å². The number of carbonyl (C=O) groups is 2. The van der Waals surface area contributed by atoms with Crippen LogP contribution in [0.3, 0.4) is 0 Å². The van der Waals surface area contributed by atoms with E-state index in [1.165, 1.54) is 0 Å². The highest BCUT2D eigenvalue weighted by Gasteiger charge is 2.24. The number of ether oxygens (including phenoxy) is 1. The monoisotopic (exact) mass is 586 g/mol. The minimum absolute atomic E-state index is 0.0648. The molecule has 0 aliphatic carbocycles. The number of nitrogens with one attached hydrogen (secondary N) is 2. The smallest absolute Gasteiger partial charge is 0.264 e. The van der Waals surface area contributed by atoms with Crippen LogP contribution in [0.15, 0.2) is 83.9 Å². The van der Waals surface area contributed by atoms with E-state index in [4.69, 9.17) is 10.5 Å². The third-order valence-electron chi connectivity index (χ3n) is 7.58. The molecular weight excluding hydrogens is 556 g/mol. The molecule has 44 heavy (non-hydrogen) atoms. The summed E-state index contributed by atoms with van der Waals surface area (Å²) in [7, 11) is 0. The average molecular weight is 587 g/mol. The Balaban J connectivity index is 1.37. The molecule has 4 N–H and O–H groups in total. The zero-order valence-corrected chi connectivity index (χ0v) is 24.0. The Morgan fingerprint density at radius 3 is 2.70 bits per heavy atom. The first-order valence-corrected chi connectivity index (χ1v) is 14.3. The van der Waals surface area contributed by atoms with Crippen molar-refractivity contribution in [2.75, 3.05) is 18.9 Å². The lowest BCUT2D eigenvalue weighted by atomic mass is 10.0. The third kappa shape index (κ3) is 5.61. The first-order valence-electron chi connectivity index (χ1n) is 14.3. The van der Waals surface area contributed by atoms with Crippen LogP contribution in [0.4, 0.5) is 5.82 Å². The average Bonchev–Trinajstić information content (AvgIpc) is 3.58. The van der Waals surface area contributed by atoms with Crippen LogP contribution < -0.4 is 21.9 Å². The summed E-state index contributed by atoms with van der Waals surface area (Å²) in [5.74, 6) is 5.46. The van der Waals surface area contributed by atoms with Gasteiger partial charge in [0.1, 0.15) is 17.5 Å². The fraction of sp³-hybridized carbons (Fsp3) is 0.206. The molecule has 1 saturated heterocycles. The van der Waals surface area contributed by atoms with Crippen LogP contribution >= 0.6 is 0 Å². The number of fused-ring (bicyclic) bond motifs is 2. The van der Waals surface area contributed by atoms with Crippen molar-refractivity contribution in [1.29, 1.82) is 0 Å². The van der Waals surface area contributed by atoms with Crippen LogP contribution in [0.1, 0.15) is 47.4 Å². The fourth-order valence-corrected chi connectivity index (χ4v) is 5.44. The summed E-state index contributed by atoms with van der Waals surface area (Å²) in [6.45, 7) is 2.52. The number of nitrogens with two attached hydrogens (primary N) is 1. The summed E-state index contributed by atoms with van der Waals surface area (Å²) in [5.41, 5.74) is 8.19. The summed E-state index contributed by atoms with van der Waals surface area (Å²) in [6, 6.07) is 19.5. The van der Waals surface area contributed by atoms with E-state index in [2.05, 4.69) is 32.4 Å². The predicted molar refractivity (Wildman–Crippen MR) is 168 cm³/mol. The first kappa shape index (κ1) is 28.6. The second kappa shape index (κ2) is 12.4. The molecule has 2 aromatic carbocycles. The second-order valence-electron chi connectivity index (χ2n) is 10.5. The molecule has 6 rings (SSSR count). The molecule has 1 aliphatic heterocycles. The number of anilines is 1. The predicted octanol–water partition coefficient (Wildman–Crippen LogP) is 3.65. The zero-order chi connectivity index (χ0) is 30.6. The number of amides is 2. The van der Waals surface area contributed by atoms with Gasteiger partial charge in [-0.05, 0) is 61.5 Å². The number of aromatic nitrogens is 3. The molecule has 5 aromatic rings. The number of hydrogen-bond donors (Lipinski definition) is 3. The molecule has 0 bridgehead atoms. The van der Waals surface area contributed by atoms with Crippen molar-refractivity contribution in [2.45, 2.75) is 31.9 Å². The quantitative estimate of drug-likeness (QED) is 0.258. The fourth-order valence-electron chi connectivity index (χ4n) is 5.44. The molecule has 10 nitrogen and oxygen atoms in total. The van der Waals surface area contributed by atoms with Crippen molar-refractivity contribution < 1.29 is 14.3 Å². The lowest BCUT2D eigenvalue weighted by Gasteiger charge is -2.21. The normalized spacial score (nSPS) is 15.0. The molecule has 220 valence electrons. The van der Waals surface area contributed by atoms with Crippen LogP contribution in [-0.4, -0.2) is 45.6 Å². The van der Waals surface area contributed by atoms with Gasteiger partial charge in [0, 0.05) is 41.3 Å². The number of carbonyl (C=O) groups excluding carboxylic acids is 2. The molecule has 0 radical (unpaired) electrons. The van der Waals surface area contributed by atoms with E-state index >= 15 is 0 Å². The molecule has 10 heteroatoms. The number of para-hydroxylation sites is 1. The van der Waals surface area contributed by atoms with Gasteiger partial charge >= 0.3 is 0 Å². The van der Waals surface area contributed by atoms with Crippen LogP contribution in [0.2, 0.25) is 0 Å². The maximum absolute atomic E-state index is 14.2. The minimum atomic E-state index is -0.610. The van der Waals surface area contributed by atoms with Gasteiger partial charge in [0.25, 0.3) is 11.5 Å². The van der Waals surface area contributed by atoms with Crippen LogP contribution in [0.25, 0.3) is 27.4 Å². The third-order valence-corrected chi connectivity index (χ3v) is 7.58. The van der Waals surface area contributed by atoms with Crippen molar-refractivity contribution in [3.8, 4) is 17.5 Å². The molecule has 1 fully saturated rings. The van der Waals surface area contributed by atoms with Gasteiger partial charge in [-0.3, -0.25) is 23.9 Å². The van der Waals surface area contributed by atoms with Gasteiger partial charge in [-0.15, -0.1) is 0 Å². The molecule has 0 spiro atoms. The Labute approximate surface area is 253 Å². The largest absolute Gasteiger partial charge is 0.383 e. The highest BCUT2D eigenvalue weighted by molar-refractivity contribution is 6.09. The first-order chi connectivity index (χ1) is 21.4. The van der Waals surface area contributed by atoms with Gasteiger partial charge in [-0.1, -0.05) is 42.2 Å². The van der Waals surface area contributed by atoms with Crippen molar-refractivity contribution in [1.82, 2.24) is 25.2 Å². The van der Waals surface area contributed by atoms with Crippen molar-refractivity contribution in [2.24, 2.45) is 0 Å². The molecule has 1 aliphatic rings. The Hall–Kier alpha value is -5.53. The maximum atomic E-state index is 14.2. The van der Waals surface area contributed by atoms with Gasteiger partial charge in [-0.2, -0.15) is 0 Å². The number of hydrogen-bond acceptors (Lipinski definition) is 7. The SMILES string of the molecule is C[C@@H](NC(=O)c1c(N)ncc2cccnc12)c1cc2cccc(C#CCNC(=O)[C@H]3CCCO3)c2c(=O)n1-c1ccccc1. The molecule has 0 saturated carbocycles. The Morgan fingerprint density at radius 2 is 1.91 bits per heavy atom. The van der Waals surface area contributed by atoms with Crippen LogP contribution in [0.5, 0.6) is 0 Å². The Morgan fingerprint density at radius 1 is 1.09 bits per heavy atom. The lowest BCUT2D eigenvalue weighted by molar-refractivity contribution is -0.129. The summed E-state index contributed by atoms with van der Waals surface area (Å²) in [5, 5.41) is 7.58. The Kier molecular flexibility index (Phi) is 8.04. The zero-order valence-electron chi connectivity index (χ0n) is 24.0. The van der Waals surface area contributed by atoms with Crippen molar-refractivity contribution >= 4 is 39.3 Å². The topological polar surface area (TPSA) is 141 Å². The van der Waals surface area contributed by atoms with E-state index in [9.17, 15) is 14.4 Å². The maximum Gasteiger partial charge on any atom is 0.264 e. The molecular formula is C34H30N6O4. The van der Waals surface area contributed by atoms with Gasteiger partial charge < -0.3 is 21.1 Å². The minimum Gasteiger partial charge on any atom is -0.383 e. The number of rotatable bonds is 6. The highest BCUT2D eigenvalue weighted by Crippen LogP contribution is 2.25. The summed E-state index contributed by atoms with van der Waals surface area (Å²) in [4.78, 5) is 48.6.